The number of aryl methyl sites for hydroxylation is 2. The maximum Gasteiger partial charge on any atom is 0.240 e. The van der Waals surface area contributed by atoms with Crippen LogP contribution in [0.2, 0.25) is 0 Å². The van der Waals surface area contributed by atoms with Gasteiger partial charge in [-0.25, -0.2) is 4.99 Å². The predicted molar refractivity (Wildman–Crippen MR) is 104 cm³/mol. The fraction of sp³-hybridized carbons (Fsp3) is 0.444. The van der Waals surface area contributed by atoms with Crippen molar-refractivity contribution in [3.8, 4) is 0 Å². The van der Waals surface area contributed by atoms with Crippen molar-refractivity contribution in [2.75, 3.05) is 5.32 Å². The number of aliphatic hydroxyl groups excluding tert-OH is 1. The lowest BCUT2D eigenvalue weighted by Crippen LogP contribution is -2.51. The number of aliphatic hydroxyl groups is 1. The number of nitrogens with two attached hydrogens (primary N) is 2. The third-order valence-electron chi connectivity index (χ3n) is 4.13. The van der Waals surface area contributed by atoms with Gasteiger partial charge in [0.05, 0.1) is 0 Å². The molecule has 146 valence electrons. The van der Waals surface area contributed by atoms with Crippen LogP contribution in [-0.2, 0) is 9.59 Å². The second kappa shape index (κ2) is 8.17. The molecule has 0 radical (unpaired) electrons. The largest absolute Gasteiger partial charge is 0.370 e. The Balaban J connectivity index is 2.36. The maximum absolute atomic E-state index is 11.8. The first-order chi connectivity index (χ1) is 12.6. The van der Waals surface area contributed by atoms with Crippen LogP contribution in [0.25, 0.3) is 0 Å². The molecule has 0 spiro atoms. The molecule has 0 aliphatic carbocycles. The highest BCUT2D eigenvalue weighted by atomic mass is 16.3. The van der Waals surface area contributed by atoms with Crippen molar-refractivity contribution in [2.45, 2.75) is 40.0 Å². The first-order valence-electron chi connectivity index (χ1n) is 8.63. The molecule has 0 fully saturated rings. The van der Waals surface area contributed by atoms with Crippen molar-refractivity contribution in [1.82, 2.24) is 5.32 Å². The standard InChI is InChI=1S/C18H26N6O3/c1-8(2)13(15(20)26)22-18-23-16(12(14(19)25)17(27)24-18)21-11-6-9(3)5-10(4)7-11/h5-8,12-13,17,27H,1-4H3,(H2,19,25)(H2,20,26)(H2,21,22,23,24). The summed E-state index contributed by atoms with van der Waals surface area (Å²) in [6.45, 7) is 7.51. The minimum Gasteiger partial charge on any atom is -0.370 e. The summed E-state index contributed by atoms with van der Waals surface area (Å²) in [5, 5.41) is 16.1. The smallest absolute Gasteiger partial charge is 0.240 e. The zero-order valence-electron chi connectivity index (χ0n) is 15.9. The number of primary amides is 2. The van der Waals surface area contributed by atoms with Gasteiger partial charge in [0.25, 0.3) is 0 Å². The number of hydrogen-bond acceptors (Lipinski definition) is 7. The van der Waals surface area contributed by atoms with Crippen LogP contribution in [0.15, 0.2) is 28.2 Å². The first kappa shape index (κ1) is 20.4. The second-order valence-electron chi connectivity index (χ2n) is 7.01. The molecular weight excluding hydrogens is 348 g/mol. The summed E-state index contributed by atoms with van der Waals surface area (Å²) in [4.78, 5) is 31.7. The molecular formula is C18H26N6O3. The van der Waals surface area contributed by atoms with Crippen molar-refractivity contribution in [3.63, 3.8) is 0 Å². The van der Waals surface area contributed by atoms with Crippen LogP contribution < -0.4 is 22.1 Å². The van der Waals surface area contributed by atoms with E-state index in [4.69, 9.17) is 11.5 Å². The van der Waals surface area contributed by atoms with Crippen LogP contribution in [0.4, 0.5) is 5.69 Å². The number of aliphatic imine (C=N–C) groups is 2. The van der Waals surface area contributed by atoms with Crippen LogP contribution >= 0.6 is 0 Å². The lowest BCUT2D eigenvalue weighted by molar-refractivity contribution is -0.122. The van der Waals surface area contributed by atoms with Crippen molar-refractivity contribution in [1.29, 1.82) is 0 Å². The van der Waals surface area contributed by atoms with Crippen molar-refractivity contribution in [3.05, 3.63) is 29.3 Å². The second-order valence-corrected chi connectivity index (χ2v) is 7.01. The number of nitrogens with zero attached hydrogens (tertiary/aromatic N) is 2. The highest BCUT2D eigenvalue weighted by Crippen LogP contribution is 2.19. The number of rotatable bonds is 5. The lowest BCUT2D eigenvalue weighted by Gasteiger charge is -2.27. The van der Waals surface area contributed by atoms with Crippen molar-refractivity contribution < 1.29 is 14.7 Å². The molecule has 3 unspecified atom stereocenters. The van der Waals surface area contributed by atoms with Gasteiger partial charge in [0.15, 0.2) is 6.23 Å². The third-order valence-corrected chi connectivity index (χ3v) is 4.13. The quantitative estimate of drug-likeness (QED) is 0.491. The molecule has 1 aromatic rings. The SMILES string of the molecule is Cc1cc(C)cc(NC2=NC(NC(C(N)=O)C(C)C)=NC(O)C2C(N)=O)c1. The highest BCUT2D eigenvalue weighted by Gasteiger charge is 2.35. The van der Waals surface area contributed by atoms with E-state index in [0.717, 1.165) is 11.1 Å². The van der Waals surface area contributed by atoms with E-state index in [9.17, 15) is 14.7 Å². The number of amides is 2. The van der Waals surface area contributed by atoms with E-state index in [0.29, 0.717) is 5.69 Å². The van der Waals surface area contributed by atoms with Gasteiger partial charge in [0.2, 0.25) is 17.8 Å². The zero-order valence-corrected chi connectivity index (χ0v) is 15.9. The molecule has 1 aliphatic rings. The van der Waals surface area contributed by atoms with E-state index < -0.39 is 30.0 Å². The molecule has 2 rings (SSSR count). The number of amidine groups is 1. The molecule has 1 heterocycles. The Morgan fingerprint density at radius 3 is 2.22 bits per heavy atom. The lowest BCUT2D eigenvalue weighted by atomic mass is 10.0. The van der Waals surface area contributed by atoms with E-state index in [-0.39, 0.29) is 17.7 Å². The molecule has 9 heteroatoms. The number of nitrogens with one attached hydrogen (secondary N) is 2. The third kappa shape index (κ3) is 5.04. The Labute approximate surface area is 157 Å². The summed E-state index contributed by atoms with van der Waals surface area (Å²) < 4.78 is 0. The van der Waals surface area contributed by atoms with Gasteiger partial charge in [-0.2, -0.15) is 4.99 Å². The number of benzene rings is 1. The number of hydrogen-bond donors (Lipinski definition) is 5. The monoisotopic (exact) mass is 374 g/mol. The van der Waals surface area contributed by atoms with Gasteiger partial charge in [-0.05, 0) is 43.0 Å². The van der Waals surface area contributed by atoms with Crippen LogP contribution in [0, 0.1) is 25.7 Å². The van der Waals surface area contributed by atoms with Crippen LogP contribution in [0.5, 0.6) is 0 Å². The van der Waals surface area contributed by atoms with Gasteiger partial charge < -0.3 is 27.2 Å². The molecule has 0 bridgehead atoms. The molecule has 2 amide bonds. The van der Waals surface area contributed by atoms with E-state index in [2.05, 4.69) is 20.6 Å². The summed E-state index contributed by atoms with van der Waals surface area (Å²) in [7, 11) is 0. The molecule has 0 aromatic heterocycles. The summed E-state index contributed by atoms with van der Waals surface area (Å²) in [6, 6.07) is 5.02. The number of guanidine groups is 1. The summed E-state index contributed by atoms with van der Waals surface area (Å²) in [5.41, 5.74) is 13.6. The molecule has 3 atom stereocenters. The average molecular weight is 374 g/mol. The van der Waals surface area contributed by atoms with E-state index in [1.807, 2.05) is 45.9 Å². The summed E-state index contributed by atoms with van der Waals surface area (Å²) in [5.74, 6) is -2.45. The minimum absolute atomic E-state index is 0.00405. The van der Waals surface area contributed by atoms with Crippen LogP contribution in [0.1, 0.15) is 25.0 Å². The number of carbonyl (C=O) groups excluding carboxylic acids is 2. The predicted octanol–water partition coefficient (Wildman–Crippen LogP) is 0.00284. The average Bonchev–Trinajstić information content (AvgIpc) is 2.50. The van der Waals surface area contributed by atoms with E-state index in [1.165, 1.54) is 0 Å². The summed E-state index contributed by atoms with van der Waals surface area (Å²) in [6.07, 6.45) is -1.43. The number of anilines is 1. The molecule has 0 saturated heterocycles. The Hall–Kier alpha value is -2.94. The minimum atomic E-state index is -1.43. The number of carbonyl (C=O) groups is 2. The fourth-order valence-corrected chi connectivity index (χ4v) is 2.91. The Morgan fingerprint density at radius 2 is 1.74 bits per heavy atom. The van der Waals surface area contributed by atoms with E-state index >= 15 is 0 Å². The first-order valence-corrected chi connectivity index (χ1v) is 8.63. The van der Waals surface area contributed by atoms with E-state index in [1.54, 1.807) is 0 Å². The van der Waals surface area contributed by atoms with Gasteiger partial charge in [-0.3, -0.25) is 9.59 Å². The Morgan fingerprint density at radius 1 is 1.15 bits per heavy atom. The molecule has 1 aliphatic heterocycles. The normalized spacial score (nSPS) is 20.5. The Kier molecular flexibility index (Phi) is 6.17. The molecule has 0 saturated carbocycles. The zero-order chi connectivity index (χ0) is 20.3. The van der Waals surface area contributed by atoms with Crippen molar-refractivity contribution in [2.24, 2.45) is 33.3 Å². The van der Waals surface area contributed by atoms with Crippen molar-refractivity contribution >= 4 is 29.3 Å². The topological polar surface area (TPSA) is 155 Å². The molecule has 27 heavy (non-hydrogen) atoms. The van der Waals surface area contributed by atoms with Gasteiger partial charge in [0.1, 0.15) is 17.8 Å². The van der Waals surface area contributed by atoms with Gasteiger partial charge in [-0.15, -0.1) is 0 Å². The fourth-order valence-electron chi connectivity index (χ4n) is 2.91. The van der Waals surface area contributed by atoms with Crippen LogP contribution in [0.3, 0.4) is 0 Å². The van der Waals surface area contributed by atoms with Gasteiger partial charge >= 0.3 is 0 Å². The Bertz CT molecular complexity index is 782. The highest BCUT2D eigenvalue weighted by molar-refractivity contribution is 6.15. The summed E-state index contributed by atoms with van der Waals surface area (Å²) >= 11 is 0. The maximum atomic E-state index is 11.8. The van der Waals surface area contributed by atoms with Gasteiger partial charge in [-0.1, -0.05) is 19.9 Å². The molecule has 9 nitrogen and oxygen atoms in total. The van der Waals surface area contributed by atoms with Crippen LogP contribution in [-0.4, -0.2) is 41.0 Å². The molecule has 7 N–H and O–H groups in total. The molecule has 1 aromatic carbocycles. The van der Waals surface area contributed by atoms with Gasteiger partial charge in [0, 0.05) is 5.69 Å².